The van der Waals surface area contributed by atoms with E-state index in [0.29, 0.717) is 11.6 Å². The minimum absolute atomic E-state index is 0.459. The average molecular weight is 299 g/mol. The number of benzene rings is 2. The van der Waals surface area contributed by atoms with Crippen LogP contribution in [0.3, 0.4) is 0 Å². The van der Waals surface area contributed by atoms with Gasteiger partial charge in [-0.3, -0.25) is 0 Å². The van der Waals surface area contributed by atoms with Gasteiger partial charge in [-0.15, -0.1) is 0 Å². The predicted octanol–water partition coefficient (Wildman–Crippen LogP) is 4.40. The highest BCUT2D eigenvalue weighted by Gasteiger charge is 1.98. The highest BCUT2D eigenvalue weighted by atomic mass is 14.9. The first-order chi connectivity index (χ1) is 11.3. The van der Waals surface area contributed by atoms with Crippen LogP contribution in [0.5, 0.6) is 0 Å². The van der Waals surface area contributed by atoms with E-state index >= 15 is 0 Å². The van der Waals surface area contributed by atoms with Crippen LogP contribution in [0.15, 0.2) is 66.7 Å². The summed E-state index contributed by atoms with van der Waals surface area (Å²) in [6.07, 6.45) is 7.78. The van der Waals surface area contributed by atoms with Crippen LogP contribution >= 0.6 is 0 Å². The molecule has 0 aliphatic heterocycles. The van der Waals surface area contributed by atoms with Crippen LogP contribution in [0.1, 0.15) is 22.6 Å². The Morgan fingerprint density at radius 2 is 1.22 bits per heavy atom. The largest absolute Gasteiger partial charge is 0.384 e. The highest BCUT2D eigenvalue weighted by molar-refractivity contribution is 5.71. The van der Waals surface area contributed by atoms with Crippen LogP contribution in [0, 0.1) is 0 Å². The number of nitrogens with two attached hydrogens (primary N) is 1. The molecule has 1 aromatic heterocycles. The Kier molecular flexibility index (Phi) is 4.60. The molecule has 0 aliphatic rings. The molecule has 0 unspecified atom stereocenters. The minimum atomic E-state index is 0.459. The molecule has 0 fully saturated rings. The molecule has 0 amide bonds. The average Bonchev–Trinajstić information content (AvgIpc) is 2.60. The molecule has 3 aromatic rings. The first-order valence-electron chi connectivity index (χ1n) is 7.40. The molecule has 112 valence electrons. The van der Waals surface area contributed by atoms with Gasteiger partial charge in [-0.2, -0.15) is 0 Å². The summed E-state index contributed by atoms with van der Waals surface area (Å²) in [7, 11) is 0. The molecule has 1 heterocycles. The smallest absolute Gasteiger partial charge is 0.154 e. The summed E-state index contributed by atoms with van der Waals surface area (Å²) in [6.45, 7) is 0. The van der Waals surface area contributed by atoms with Gasteiger partial charge in [0.1, 0.15) is 5.82 Å². The van der Waals surface area contributed by atoms with Gasteiger partial charge in [0.05, 0.1) is 5.69 Å². The van der Waals surface area contributed by atoms with Gasteiger partial charge in [0.25, 0.3) is 0 Å². The van der Waals surface area contributed by atoms with Gasteiger partial charge in [0, 0.05) is 6.07 Å². The van der Waals surface area contributed by atoms with E-state index in [4.69, 9.17) is 5.73 Å². The molecule has 0 saturated carbocycles. The zero-order valence-corrected chi connectivity index (χ0v) is 12.6. The second-order valence-corrected chi connectivity index (χ2v) is 5.06. The Bertz CT molecular complexity index is 754. The minimum Gasteiger partial charge on any atom is -0.384 e. The molecule has 0 spiro atoms. The van der Waals surface area contributed by atoms with Crippen molar-refractivity contribution in [2.24, 2.45) is 0 Å². The fraction of sp³-hybridized carbons (Fsp3) is 0. The second kappa shape index (κ2) is 7.18. The van der Waals surface area contributed by atoms with Gasteiger partial charge >= 0.3 is 0 Å². The van der Waals surface area contributed by atoms with Crippen LogP contribution in [0.4, 0.5) is 5.82 Å². The predicted molar refractivity (Wildman–Crippen MR) is 97.2 cm³/mol. The normalized spacial score (nSPS) is 11.3. The molecule has 0 radical (unpaired) electrons. The van der Waals surface area contributed by atoms with E-state index in [0.717, 1.165) is 16.8 Å². The van der Waals surface area contributed by atoms with E-state index in [2.05, 4.69) is 9.97 Å². The van der Waals surface area contributed by atoms with Gasteiger partial charge in [-0.1, -0.05) is 72.8 Å². The second-order valence-electron chi connectivity index (χ2n) is 5.06. The van der Waals surface area contributed by atoms with Crippen LogP contribution in [0.25, 0.3) is 24.3 Å². The van der Waals surface area contributed by atoms with Crippen LogP contribution in [0.2, 0.25) is 0 Å². The van der Waals surface area contributed by atoms with Gasteiger partial charge in [-0.25, -0.2) is 9.97 Å². The Balaban J connectivity index is 1.82. The molecule has 3 rings (SSSR count). The van der Waals surface area contributed by atoms with E-state index in [1.54, 1.807) is 6.07 Å². The molecule has 2 aromatic carbocycles. The molecule has 0 aliphatic carbocycles. The van der Waals surface area contributed by atoms with Crippen LogP contribution < -0.4 is 5.73 Å². The monoisotopic (exact) mass is 299 g/mol. The van der Waals surface area contributed by atoms with E-state index in [1.807, 2.05) is 85.0 Å². The quantitative estimate of drug-likeness (QED) is 0.777. The molecule has 3 heteroatoms. The lowest BCUT2D eigenvalue weighted by Crippen LogP contribution is -1.97. The number of hydrogen-bond acceptors (Lipinski definition) is 3. The van der Waals surface area contributed by atoms with Crippen molar-refractivity contribution in [1.29, 1.82) is 0 Å². The zero-order valence-electron chi connectivity index (χ0n) is 12.6. The molecule has 0 bridgehead atoms. The van der Waals surface area contributed by atoms with Crippen molar-refractivity contribution in [2.75, 3.05) is 5.73 Å². The van der Waals surface area contributed by atoms with Crippen LogP contribution in [-0.4, -0.2) is 9.97 Å². The summed E-state index contributed by atoms with van der Waals surface area (Å²) in [5.41, 5.74) is 8.88. The Morgan fingerprint density at radius 3 is 1.83 bits per heavy atom. The van der Waals surface area contributed by atoms with Crippen molar-refractivity contribution in [3.63, 3.8) is 0 Å². The highest BCUT2D eigenvalue weighted by Crippen LogP contribution is 2.11. The molecule has 0 saturated heterocycles. The molecular formula is C20H17N3. The third-order valence-electron chi connectivity index (χ3n) is 3.25. The maximum absolute atomic E-state index is 5.88. The first kappa shape index (κ1) is 14.7. The zero-order chi connectivity index (χ0) is 15.9. The summed E-state index contributed by atoms with van der Waals surface area (Å²) < 4.78 is 0. The standard InChI is InChI=1S/C20H17N3/c21-19-15-18(13-11-16-7-3-1-4-8-16)22-20(23-19)14-12-17-9-5-2-6-10-17/h1-15H,(H2,21,22,23)/b13-11+,14-12+. The van der Waals surface area contributed by atoms with Gasteiger partial charge in [0.15, 0.2) is 5.82 Å². The molecular weight excluding hydrogens is 282 g/mol. The summed E-state index contributed by atoms with van der Waals surface area (Å²) in [5.74, 6) is 1.06. The Labute approximate surface area is 135 Å². The van der Waals surface area contributed by atoms with E-state index in [9.17, 15) is 0 Å². The summed E-state index contributed by atoms with van der Waals surface area (Å²) >= 11 is 0. The van der Waals surface area contributed by atoms with Crippen LogP contribution in [-0.2, 0) is 0 Å². The number of anilines is 1. The van der Waals surface area contributed by atoms with Crippen molar-refractivity contribution in [2.45, 2.75) is 0 Å². The van der Waals surface area contributed by atoms with Crippen molar-refractivity contribution < 1.29 is 0 Å². The molecule has 0 atom stereocenters. The summed E-state index contributed by atoms with van der Waals surface area (Å²) in [6, 6.07) is 21.9. The van der Waals surface area contributed by atoms with Crippen molar-refractivity contribution >= 4 is 30.1 Å². The lowest BCUT2D eigenvalue weighted by atomic mass is 10.2. The number of rotatable bonds is 4. The number of nitrogen functional groups attached to an aromatic ring is 1. The first-order valence-corrected chi connectivity index (χ1v) is 7.40. The fourth-order valence-corrected chi connectivity index (χ4v) is 2.15. The number of nitrogens with zero attached hydrogens (tertiary/aromatic N) is 2. The maximum atomic E-state index is 5.88. The third kappa shape index (κ3) is 4.38. The summed E-state index contributed by atoms with van der Waals surface area (Å²) in [4.78, 5) is 8.75. The van der Waals surface area contributed by atoms with E-state index in [-0.39, 0.29) is 0 Å². The molecule has 3 nitrogen and oxygen atoms in total. The van der Waals surface area contributed by atoms with E-state index < -0.39 is 0 Å². The third-order valence-corrected chi connectivity index (χ3v) is 3.25. The lowest BCUT2D eigenvalue weighted by molar-refractivity contribution is 1.13. The number of hydrogen-bond donors (Lipinski definition) is 1. The van der Waals surface area contributed by atoms with Gasteiger partial charge in [-0.05, 0) is 23.3 Å². The topological polar surface area (TPSA) is 51.8 Å². The molecule has 23 heavy (non-hydrogen) atoms. The van der Waals surface area contributed by atoms with Gasteiger partial charge in [0.2, 0.25) is 0 Å². The van der Waals surface area contributed by atoms with E-state index in [1.165, 1.54) is 0 Å². The van der Waals surface area contributed by atoms with Gasteiger partial charge < -0.3 is 5.73 Å². The Morgan fingerprint density at radius 1 is 0.652 bits per heavy atom. The summed E-state index contributed by atoms with van der Waals surface area (Å²) in [5, 5.41) is 0. The van der Waals surface area contributed by atoms with Crippen molar-refractivity contribution in [1.82, 2.24) is 9.97 Å². The number of aromatic nitrogens is 2. The maximum Gasteiger partial charge on any atom is 0.154 e. The van der Waals surface area contributed by atoms with Crippen molar-refractivity contribution in [3.05, 3.63) is 89.4 Å². The molecule has 2 N–H and O–H groups in total. The fourth-order valence-electron chi connectivity index (χ4n) is 2.15. The SMILES string of the molecule is Nc1cc(/C=C/c2ccccc2)nc(/C=C/c2ccccc2)n1. The Hall–Kier alpha value is -3.20. The van der Waals surface area contributed by atoms with Crippen molar-refractivity contribution in [3.8, 4) is 0 Å². The lowest BCUT2D eigenvalue weighted by Gasteiger charge is -2.00.